The van der Waals surface area contributed by atoms with E-state index >= 15 is 0 Å². The number of rotatable bonds is 32. The molecule has 13 nitrogen and oxygen atoms in total. The number of carbonyl (C=O) groups excluding carboxylic acids is 4. The Hall–Kier alpha value is -3.35. The number of ether oxygens (including phenoxy) is 4. The number of aliphatic carboxylic acids is 1. The number of hydrogen-bond acceptors (Lipinski definition) is 12. The largest absolute Gasteiger partial charge is 0.505 e. The number of aliphatic hydroxyl groups excluding tert-OH is 3. The Labute approximate surface area is 303 Å². The smallest absolute Gasteiger partial charge is 0.377 e. The lowest BCUT2D eigenvalue weighted by Gasteiger charge is -2.24. The fraction of sp³-hybridized carbons (Fsp3) is 0.816. The van der Waals surface area contributed by atoms with Crippen LogP contribution in [0.25, 0.3) is 0 Å². The topological polar surface area (TPSA) is 203 Å². The first kappa shape index (κ1) is 45.7. The summed E-state index contributed by atoms with van der Waals surface area (Å²) in [5.74, 6) is -8.35. The van der Waals surface area contributed by atoms with Crippen LogP contribution in [0.3, 0.4) is 0 Å². The van der Waals surface area contributed by atoms with E-state index in [4.69, 9.17) is 14.2 Å². The molecule has 0 aliphatic carbocycles. The highest BCUT2D eigenvalue weighted by atomic mass is 16.6. The number of aliphatic hydroxyl groups is 3. The van der Waals surface area contributed by atoms with Crippen LogP contribution in [-0.2, 0) is 42.9 Å². The molecule has 0 unspecified atom stereocenters. The Bertz CT molecular complexity index is 1060. The van der Waals surface area contributed by atoms with Crippen LogP contribution >= 0.6 is 0 Å². The Morgan fingerprint density at radius 1 is 0.627 bits per heavy atom. The Balaban J connectivity index is 2.67. The molecule has 0 saturated heterocycles. The van der Waals surface area contributed by atoms with E-state index in [0.717, 1.165) is 51.4 Å². The molecule has 1 aliphatic heterocycles. The molecule has 0 aromatic rings. The second-order valence-electron chi connectivity index (χ2n) is 13.5. The van der Waals surface area contributed by atoms with Crippen molar-refractivity contribution in [2.75, 3.05) is 6.61 Å². The van der Waals surface area contributed by atoms with Gasteiger partial charge in [-0.25, -0.2) is 14.4 Å². The number of carbonyl (C=O) groups is 5. The molecule has 51 heavy (non-hydrogen) atoms. The number of hydrogen-bond donors (Lipinski definition) is 4. The molecule has 0 spiro atoms. The first-order chi connectivity index (χ1) is 24.5. The SMILES string of the molecule is CCCCCCCCCCCCCC(=O)O[C@@H](C(=O)O)[C@@H](OC(=O)CCCCCCCCCCCCC)C(=O)OC[C@H](O)[C@H]1OC(=O)C(O)=C1O. The van der Waals surface area contributed by atoms with Crippen molar-refractivity contribution >= 4 is 29.8 Å². The monoisotopic (exact) mass is 728 g/mol. The van der Waals surface area contributed by atoms with Gasteiger partial charge in [-0.15, -0.1) is 0 Å². The van der Waals surface area contributed by atoms with Gasteiger partial charge < -0.3 is 39.4 Å². The van der Waals surface area contributed by atoms with Gasteiger partial charge in [0.05, 0.1) is 0 Å². The summed E-state index contributed by atoms with van der Waals surface area (Å²) >= 11 is 0. The molecule has 1 aliphatic rings. The predicted molar refractivity (Wildman–Crippen MR) is 189 cm³/mol. The zero-order valence-electron chi connectivity index (χ0n) is 31.0. The van der Waals surface area contributed by atoms with Gasteiger partial charge in [0.2, 0.25) is 18.0 Å². The summed E-state index contributed by atoms with van der Waals surface area (Å²) in [5, 5.41) is 39.5. The van der Waals surface area contributed by atoms with Gasteiger partial charge in [0, 0.05) is 12.8 Å². The molecule has 0 saturated carbocycles. The zero-order chi connectivity index (χ0) is 37.9. The maximum absolute atomic E-state index is 13.1. The molecule has 13 heteroatoms. The Morgan fingerprint density at radius 2 is 1.00 bits per heavy atom. The summed E-state index contributed by atoms with van der Waals surface area (Å²) in [6.07, 6.45) is 14.9. The first-order valence-electron chi connectivity index (χ1n) is 19.3. The molecule has 0 aromatic heterocycles. The third-order valence-corrected chi connectivity index (χ3v) is 8.92. The van der Waals surface area contributed by atoms with Crippen molar-refractivity contribution in [1.29, 1.82) is 0 Å². The van der Waals surface area contributed by atoms with E-state index in [2.05, 4.69) is 18.6 Å². The van der Waals surface area contributed by atoms with Crippen LogP contribution in [0.15, 0.2) is 11.5 Å². The third-order valence-electron chi connectivity index (χ3n) is 8.92. The van der Waals surface area contributed by atoms with Gasteiger partial charge in [-0.05, 0) is 12.8 Å². The van der Waals surface area contributed by atoms with Gasteiger partial charge in [-0.3, -0.25) is 9.59 Å². The highest BCUT2D eigenvalue weighted by Crippen LogP contribution is 2.22. The predicted octanol–water partition coefficient (Wildman–Crippen LogP) is 7.45. The molecule has 1 heterocycles. The number of carboxylic acid groups (broad SMARTS) is 1. The molecule has 0 bridgehead atoms. The number of unbranched alkanes of at least 4 members (excludes halogenated alkanes) is 20. The van der Waals surface area contributed by atoms with Crippen molar-refractivity contribution in [3.63, 3.8) is 0 Å². The average Bonchev–Trinajstić information content (AvgIpc) is 3.36. The van der Waals surface area contributed by atoms with Crippen molar-refractivity contribution in [1.82, 2.24) is 0 Å². The van der Waals surface area contributed by atoms with Gasteiger partial charge in [0.15, 0.2) is 11.9 Å². The second kappa shape index (κ2) is 28.3. The van der Waals surface area contributed by atoms with Gasteiger partial charge in [0.25, 0.3) is 0 Å². The minimum absolute atomic E-state index is 0.101. The van der Waals surface area contributed by atoms with E-state index in [1.54, 1.807) is 0 Å². The van der Waals surface area contributed by atoms with Crippen LogP contribution in [0.2, 0.25) is 0 Å². The molecule has 0 amide bonds. The van der Waals surface area contributed by atoms with Gasteiger partial charge in [0.1, 0.15) is 12.7 Å². The number of cyclic esters (lactones) is 1. The van der Waals surface area contributed by atoms with Gasteiger partial charge >= 0.3 is 29.8 Å². The van der Waals surface area contributed by atoms with Crippen molar-refractivity contribution in [2.24, 2.45) is 0 Å². The fourth-order valence-electron chi connectivity index (χ4n) is 5.81. The highest BCUT2D eigenvalue weighted by Gasteiger charge is 2.43. The van der Waals surface area contributed by atoms with E-state index in [9.17, 15) is 44.4 Å². The summed E-state index contributed by atoms with van der Waals surface area (Å²) in [5.41, 5.74) is 0. The lowest BCUT2D eigenvalue weighted by Crippen LogP contribution is -2.47. The van der Waals surface area contributed by atoms with Crippen molar-refractivity contribution in [3.8, 4) is 0 Å². The number of carboxylic acids is 1. The molecule has 4 atom stereocenters. The van der Waals surface area contributed by atoms with Gasteiger partial charge in [-0.2, -0.15) is 0 Å². The highest BCUT2D eigenvalue weighted by molar-refractivity contribution is 5.89. The summed E-state index contributed by atoms with van der Waals surface area (Å²) in [4.78, 5) is 62.1. The molecule has 0 aromatic carbocycles. The van der Waals surface area contributed by atoms with Crippen LogP contribution in [0.4, 0.5) is 0 Å². The van der Waals surface area contributed by atoms with E-state index in [-0.39, 0.29) is 12.8 Å². The Kier molecular flexibility index (Phi) is 25.3. The zero-order valence-corrected chi connectivity index (χ0v) is 31.0. The first-order valence-corrected chi connectivity index (χ1v) is 19.3. The van der Waals surface area contributed by atoms with Crippen LogP contribution in [-0.4, -0.2) is 81.3 Å². The minimum atomic E-state index is -2.22. The maximum atomic E-state index is 13.1. The third kappa shape index (κ3) is 20.3. The van der Waals surface area contributed by atoms with Gasteiger partial charge in [-0.1, -0.05) is 142 Å². The minimum Gasteiger partial charge on any atom is -0.505 e. The summed E-state index contributed by atoms with van der Waals surface area (Å²) in [7, 11) is 0. The maximum Gasteiger partial charge on any atom is 0.377 e. The van der Waals surface area contributed by atoms with Crippen LogP contribution in [0, 0.1) is 0 Å². The van der Waals surface area contributed by atoms with E-state index in [1.165, 1.54) is 77.0 Å². The van der Waals surface area contributed by atoms with E-state index in [1.807, 2.05) is 0 Å². The van der Waals surface area contributed by atoms with Crippen LogP contribution in [0.1, 0.15) is 168 Å². The van der Waals surface area contributed by atoms with E-state index in [0.29, 0.717) is 12.8 Å². The van der Waals surface area contributed by atoms with Crippen molar-refractivity contribution in [2.45, 2.75) is 192 Å². The molecular weight excluding hydrogens is 664 g/mol. The molecule has 294 valence electrons. The molecule has 1 rings (SSSR count). The molecule has 4 N–H and O–H groups in total. The summed E-state index contributed by atoms with van der Waals surface area (Å²) < 4.78 is 19.9. The molecular formula is C38H64O13. The summed E-state index contributed by atoms with van der Waals surface area (Å²) in [6, 6.07) is 0. The lowest BCUT2D eigenvalue weighted by molar-refractivity contribution is -0.191. The van der Waals surface area contributed by atoms with Crippen LogP contribution in [0.5, 0.6) is 0 Å². The Morgan fingerprint density at radius 3 is 1.35 bits per heavy atom. The molecule has 0 radical (unpaired) electrons. The lowest BCUT2D eigenvalue weighted by atomic mass is 10.1. The van der Waals surface area contributed by atoms with Crippen molar-refractivity contribution in [3.05, 3.63) is 11.5 Å². The standard InChI is InChI=1S/C38H64O13/c1-3-5-7-9-11-13-15-17-19-21-23-25-29(40)49-34(36(44)45)35(38(47)48-27-28(39)33-31(42)32(43)37(46)51-33)50-30(41)26-24-22-20-18-16-14-12-10-8-6-4-2/h28,33-35,39,42-43H,3-27H2,1-2H3,(H,44,45)/t28-,33+,34+,35+/m0/s1. The summed E-state index contributed by atoms with van der Waals surface area (Å²) in [6.45, 7) is 3.43. The average molecular weight is 729 g/mol. The van der Waals surface area contributed by atoms with Crippen molar-refractivity contribution < 1.29 is 63.3 Å². The van der Waals surface area contributed by atoms with Crippen LogP contribution < -0.4 is 0 Å². The molecule has 0 fully saturated rings. The quantitative estimate of drug-likeness (QED) is 0.0302. The fourth-order valence-corrected chi connectivity index (χ4v) is 5.81. The normalized spacial score (nSPS) is 16.0. The second-order valence-corrected chi connectivity index (χ2v) is 13.5. The van der Waals surface area contributed by atoms with E-state index < -0.39 is 72.4 Å². The number of esters is 4.